The number of nitrogens with zero attached hydrogens (tertiary/aromatic N) is 1. The maximum Gasteiger partial charge on any atom is 0.229 e. The summed E-state index contributed by atoms with van der Waals surface area (Å²) >= 11 is 0. The van der Waals surface area contributed by atoms with Gasteiger partial charge in [0, 0.05) is 19.1 Å². The minimum Gasteiger partial charge on any atom is -0.379 e. The van der Waals surface area contributed by atoms with Crippen molar-refractivity contribution in [2.45, 2.75) is 38.6 Å². The molecule has 2 heterocycles. The molecule has 1 amide bonds. The van der Waals surface area contributed by atoms with Gasteiger partial charge in [-0.3, -0.25) is 4.79 Å². The van der Waals surface area contributed by atoms with Crippen LogP contribution in [0.1, 0.15) is 32.6 Å². The Hall–Kier alpha value is -0.610. The van der Waals surface area contributed by atoms with E-state index in [2.05, 4.69) is 6.92 Å². The molecule has 2 N–H and O–H groups in total. The number of amides is 1. The van der Waals surface area contributed by atoms with Crippen LogP contribution in [0, 0.1) is 11.8 Å². The summed E-state index contributed by atoms with van der Waals surface area (Å²) in [6.07, 6.45) is 4.76. The van der Waals surface area contributed by atoms with Gasteiger partial charge in [-0.1, -0.05) is 13.3 Å². The SMILES string of the molecule is CCC1CCCN(C(=O)C2COCC2N)CC1. The number of ether oxygens (including phenoxy) is 1. The van der Waals surface area contributed by atoms with E-state index in [4.69, 9.17) is 10.5 Å². The van der Waals surface area contributed by atoms with E-state index in [0.29, 0.717) is 13.2 Å². The quantitative estimate of drug-likeness (QED) is 0.783. The summed E-state index contributed by atoms with van der Waals surface area (Å²) < 4.78 is 5.28. The molecular weight excluding hydrogens is 216 g/mol. The summed E-state index contributed by atoms with van der Waals surface area (Å²) in [5, 5.41) is 0. The average molecular weight is 240 g/mol. The summed E-state index contributed by atoms with van der Waals surface area (Å²) in [5.74, 6) is 0.904. The van der Waals surface area contributed by atoms with Crippen LogP contribution in [0.5, 0.6) is 0 Å². The largest absolute Gasteiger partial charge is 0.379 e. The van der Waals surface area contributed by atoms with Gasteiger partial charge in [0.15, 0.2) is 0 Å². The van der Waals surface area contributed by atoms with Crippen molar-refractivity contribution in [2.75, 3.05) is 26.3 Å². The van der Waals surface area contributed by atoms with Gasteiger partial charge in [-0.25, -0.2) is 0 Å². The molecule has 2 fully saturated rings. The fourth-order valence-electron chi connectivity index (χ4n) is 2.85. The molecule has 3 unspecified atom stereocenters. The van der Waals surface area contributed by atoms with E-state index in [-0.39, 0.29) is 17.9 Å². The Balaban J connectivity index is 1.90. The van der Waals surface area contributed by atoms with E-state index in [1.54, 1.807) is 0 Å². The van der Waals surface area contributed by atoms with Crippen molar-refractivity contribution in [3.05, 3.63) is 0 Å². The van der Waals surface area contributed by atoms with Crippen molar-refractivity contribution in [1.82, 2.24) is 4.90 Å². The lowest BCUT2D eigenvalue weighted by Gasteiger charge is -2.25. The number of rotatable bonds is 2. The normalized spacial score (nSPS) is 34.7. The fourth-order valence-corrected chi connectivity index (χ4v) is 2.85. The smallest absolute Gasteiger partial charge is 0.229 e. The molecular formula is C13H24N2O2. The van der Waals surface area contributed by atoms with Crippen molar-refractivity contribution < 1.29 is 9.53 Å². The highest BCUT2D eigenvalue weighted by Gasteiger charge is 2.34. The molecule has 4 nitrogen and oxygen atoms in total. The first kappa shape index (κ1) is 12.8. The van der Waals surface area contributed by atoms with Gasteiger partial charge in [0.1, 0.15) is 0 Å². The molecule has 0 spiro atoms. The summed E-state index contributed by atoms with van der Waals surface area (Å²) in [6.45, 7) is 5.08. The first-order chi connectivity index (χ1) is 8.22. The lowest BCUT2D eigenvalue weighted by Crippen LogP contribution is -2.44. The minimum absolute atomic E-state index is 0.104. The number of likely N-dealkylation sites (tertiary alicyclic amines) is 1. The minimum atomic E-state index is -0.104. The molecule has 2 saturated heterocycles. The van der Waals surface area contributed by atoms with Gasteiger partial charge >= 0.3 is 0 Å². The van der Waals surface area contributed by atoms with E-state index >= 15 is 0 Å². The van der Waals surface area contributed by atoms with Gasteiger partial charge in [0.05, 0.1) is 19.1 Å². The van der Waals surface area contributed by atoms with E-state index in [1.165, 1.54) is 12.8 Å². The zero-order valence-electron chi connectivity index (χ0n) is 10.7. The number of carbonyl (C=O) groups is 1. The average Bonchev–Trinajstić information content (AvgIpc) is 2.64. The van der Waals surface area contributed by atoms with Crippen molar-refractivity contribution in [3.63, 3.8) is 0 Å². The predicted octanol–water partition coefficient (Wildman–Crippen LogP) is 0.999. The molecule has 2 aliphatic rings. The van der Waals surface area contributed by atoms with Gasteiger partial charge in [0.2, 0.25) is 5.91 Å². The lowest BCUT2D eigenvalue weighted by atomic mass is 9.98. The van der Waals surface area contributed by atoms with E-state index < -0.39 is 0 Å². The van der Waals surface area contributed by atoms with E-state index in [0.717, 1.165) is 31.8 Å². The van der Waals surface area contributed by atoms with Gasteiger partial charge < -0.3 is 15.4 Å². The van der Waals surface area contributed by atoms with Crippen LogP contribution in [-0.4, -0.2) is 43.2 Å². The van der Waals surface area contributed by atoms with Gasteiger partial charge in [-0.05, 0) is 25.2 Å². The standard InChI is InChI=1S/C13H24N2O2/c1-2-10-4-3-6-15(7-5-10)13(16)11-8-17-9-12(11)14/h10-12H,2-9,14H2,1H3. The maximum absolute atomic E-state index is 12.3. The zero-order chi connectivity index (χ0) is 12.3. The Morgan fingerprint density at radius 3 is 2.82 bits per heavy atom. The topological polar surface area (TPSA) is 55.6 Å². The third-order valence-corrected chi connectivity index (χ3v) is 4.18. The fraction of sp³-hybridized carbons (Fsp3) is 0.923. The molecule has 0 aromatic carbocycles. The van der Waals surface area contributed by atoms with Crippen LogP contribution >= 0.6 is 0 Å². The molecule has 3 atom stereocenters. The van der Waals surface area contributed by atoms with Gasteiger partial charge in [0.25, 0.3) is 0 Å². The first-order valence-corrected chi connectivity index (χ1v) is 6.84. The maximum atomic E-state index is 12.3. The molecule has 0 saturated carbocycles. The third kappa shape index (κ3) is 2.99. The summed E-state index contributed by atoms with van der Waals surface area (Å²) in [5.41, 5.74) is 5.91. The zero-order valence-corrected chi connectivity index (χ0v) is 10.7. The highest BCUT2D eigenvalue weighted by atomic mass is 16.5. The number of nitrogens with two attached hydrogens (primary N) is 1. The molecule has 0 aromatic rings. The first-order valence-electron chi connectivity index (χ1n) is 6.84. The van der Waals surface area contributed by atoms with Crippen LogP contribution in [-0.2, 0) is 9.53 Å². The third-order valence-electron chi connectivity index (χ3n) is 4.18. The van der Waals surface area contributed by atoms with E-state index in [9.17, 15) is 4.79 Å². The molecule has 2 aliphatic heterocycles. The van der Waals surface area contributed by atoms with Crippen molar-refractivity contribution in [3.8, 4) is 0 Å². The van der Waals surface area contributed by atoms with Gasteiger partial charge in [-0.2, -0.15) is 0 Å². The Morgan fingerprint density at radius 2 is 2.18 bits per heavy atom. The Bertz CT molecular complexity index is 270. The second-order valence-electron chi connectivity index (χ2n) is 5.34. The molecule has 0 radical (unpaired) electrons. The molecule has 4 heteroatoms. The van der Waals surface area contributed by atoms with Crippen LogP contribution in [0.2, 0.25) is 0 Å². The summed E-state index contributed by atoms with van der Waals surface area (Å²) in [4.78, 5) is 14.3. The van der Waals surface area contributed by atoms with E-state index in [1.807, 2.05) is 4.90 Å². The molecule has 17 heavy (non-hydrogen) atoms. The second kappa shape index (κ2) is 5.83. The second-order valence-corrected chi connectivity index (χ2v) is 5.34. The predicted molar refractivity (Wildman–Crippen MR) is 66.5 cm³/mol. The van der Waals surface area contributed by atoms with Crippen LogP contribution in [0.15, 0.2) is 0 Å². The highest BCUT2D eigenvalue weighted by Crippen LogP contribution is 2.23. The molecule has 0 bridgehead atoms. The molecule has 2 rings (SSSR count). The van der Waals surface area contributed by atoms with Crippen molar-refractivity contribution >= 4 is 5.91 Å². The lowest BCUT2D eigenvalue weighted by molar-refractivity contribution is -0.135. The van der Waals surface area contributed by atoms with Crippen molar-refractivity contribution in [2.24, 2.45) is 17.6 Å². The number of hydrogen-bond acceptors (Lipinski definition) is 3. The van der Waals surface area contributed by atoms with Crippen LogP contribution in [0.3, 0.4) is 0 Å². The Labute approximate surface area is 103 Å². The highest BCUT2D eigenvalue weighted by molar-refractivity contribution is 5.80. The molecule has 0 aliphatic carbocycles. The van der Waals surface area contributed by atoms with Crippen LogP contribution in [0.4, 0.5) is 0 Å². The number of hydrogen-bond donors (Lipinski definition) is 1. The van der Waals surface area contributed by atoms with Crippen LogP contribution < -0.4 is 5.73 Å². The Kier molecular flexibility index (Phi) is 4.40. The molecule has 98 valence electrons. The monoisotopic (exact) mass is 240 g/mol. The molecule has 0 aromatic heterocycles. The summed E-state index contributed by atoms with van der Waals surface area (Å²) in [7, 11) is 0. The Morgan fingerprint density at radius 1 is 1.35 bits per heavy atom. The van der Waals surface area contributed by atoms with Crippen LogP contribution in [0.25, 0.3) is 0 Å². The van der Waals surface area contributed by atoms with Gasteiger partial charge in [-0.15, -0.1) is 0 Å². The van der Waals surface area contributed by atoms with Crippen molar-refractivity contribution in [1.29, 1.82) is 0 Å². The summed E-state index contributed by atoms with van der Waals surface area (Å²) in [6, 6.07) is -0.104. The number of carbonyl (C=O) groups excluding carboxylic acids is 1.